The second-order valence-corrected chi connectivity index (χ2v) is 8.60. The molecule has 0 saturated heterocycles. The van der Waals surface area contributed by atoms with E-state index in [0.717, 1.165) is 22.3 Å². The van der Waals surface area contributed by atoms with E-state index in [0.29, 0.717) is 17.4 Å². The van der Waals surface area contributed by atoms with Crippen molar-refractivity contribution < 1.29 is 9.53 Å². The summed E-state index contributed by atoms with van der Waals surface area (Å²) in [5.41, 5.74) is 1.78. The number of nitrogens with one attached hydrogen (secondary N) is 1. The molecule has 5 nitrogen and oxygen atoms in total. The lowest BCUT2D eigenvalue weighted by Crippen LogP contribution is -2.49. The fraction of sp³-hybridized carbons (Fsp3) is 0.207. The van der Waals surface area contributed by atoms with Gasteiger partial charge in [-0.3, -0.25) is 9.59 Å². The van der Waals surface area contributed by atoms with Crippen molar-refractivity contribution in [3.8, 4) is 6.07 Å². The fourth-order valence-electron chi connectivity index (χ4n) is 5.40. The standard InChI is InChI=1S/C29H24N2O3/c1-2-34-28(33)29(18-30)22(19-11-5-3-6-12-19)17-24-25(26(29)20-13-7-4-8-14-20)27(32)21-15-9-10-16-23(21)31-24/h3-16,22,26H,2,17H2,1H3,(H,31,32). The molecule has 168 valence electrons. The zero-order valence-electron chi connectivity index (χ0n) is 18.8. The Balaban J connectivity index is 1.91. The third-order valence-corrected chi connectivity index (χ3v) is 6.86. The number of pyridine rings is 1. The van der Waals surface area contributed by atoms with Crippen molar-refractivity contribution in [2.75, 3.05) is 6.61 Å². The van der Waals surface area contributed by atoms with Crippen molar-refractivity contribution in [3.63, 3.8) is 0 Å². The van der Waals surface area contributed by atoms with Crippen molar-refractivity contribution in [1.82, 2.24) is 4.98 Å². The second kappa shape index (κ2) is 8.64. The van der Waals surface area contributed by atoms with Gasteiger partial charge in [0.15, 0.2) is 10.8 Å². The van der Waals surface area contributed by atoms with Gasteiger partial charge in [-0.1, -0.05) is 72.8 Å². The van der Waals surface area contributed by atoms with Crippen LogP contribution in [0.4, 0.5) is 0 Å². The van der Waals surface area contributed by atoms with Crippen LogP contribution in [-0.4, -0.2) is 17.6 Å². The molecule has 1 aliphatic carbocycles. The van der Waals surface area contributed by atoms with Crippen molar-refractivity contribution in [2.24, 2.45) is 5.41 Å². The van der Waals surface area contributed by atoms with Gasteiger partial charge < -0.3 is 9.72 Å². The molecule has 0 spiro atoms. The quantitative estimate of drug-likeness (QED) is 0.442. The van der Waals surface area contributed by atoms with E-state index in [9.17, 15) is 14.9 Å². The van der Waals surface area contributed by atoms with Crippen molar-refractivity contribution in [1.29, 1.82) is 5.26 Å². The number of hydrogen-bond donors (Lipinski definition) is 1. The number of nitrogens with zero attached hydrogens (tertiary/aromatic N) is 1. The minimum atomic E-state index is -1.61. The normalized spacial score (nSPS) is 21.4. The second-order valence-electron chi connectivity index (χ2n) is 8.60. The molecule has 1 heterocycles. The molecule has 5 heteroatoms. The summed E-state index contributed by atoms with van der Waals surface area (Å²) in [6.07, 6.45) is 0.342. The van der Waals surface area contributed by atoms with Gasteiger partial charge in [0.1, 0.15) is 0 Å². The first kappa shape index (κ1) is 21.7. The molecule has 3 atom stereocenters. The van der Waals surface area contributed by atoms with Gasteiger partial charge in [0.2, 0.25) is 0 Å². The van der Waals surface area contributed by atoms with E-state index in [1.165, 1.54) is 0 Å². The van der Waals surface area contributed by atoms with Gasteiger partial charge in [-0.2, -0.15) is 5.26 Å². The fourth-order valence-corrected chi connectivity index (χ4v) is 5.40. The first-order valence-electron chi connectivity index (χ1n) is 11.4. The summed E-state index contributed by atoms with van der Waals surface area (Å²) in [6.45, 7) is 1.88. The maximum absolute atomic E-state index is 13.9. The molecular formula is C29H24N2O3. The van der Waals surface area contributed by atoms with E-state index >= 15 is 0 Å². The first-order valence-corrected chi connectivity index (χ1v) is 11.4. The molecule has 1 aromatic heterocycles. The van der Waals surface area contributed by atoms with Gasteiger partial charge in [-0.05, 0) is 36.6 Å². The average molecular weight is 449 g/mol. The monoisotopic (exact) mass is 448 g/mol. The molecule has 0 fully saturated rings. The molecule has 0 amide bonds. The highest BCUT2D eigenvalue weighted by Gasteiger charge is 2.59. The number of carbonyl (C=O) groups excluding carboxylic acids is 1. The van der Waals surface area contributed by atoms with Crippen LogP contribution < -0.4 is 5.43 Å². The van der Waals surface area contributed by atoms with E-state index in [1.807, 2.05) is 78.9 Å². The van der Waals surface area contributed by atoms with Gasteiger partial charge in [0.25, 0.3) is 0 Å². The topological polar surface area (TPSA) is 82.9 Å². The number of nitriles is 1. The molecule has 0 bridgehead atoms. The van der Waals surface area contributed by atoms with Crippen LogP contribution in [0.5, 0.6) is 0 Å². The van der Waals surface area contributed by atoms with Crippen LogP contribution in [0, 0.1) is 16.7 Å². The van der Waals surface area contributed by atoms with E-state index in [-0.39, 0.29) is 12.0 Å². The molecular weight excluding hydrogens is 424 g/mol. The number of benzene rings is 3. The van der Waals surface area contributed by atoms with Crippen LogP contribution in [0.1, 0.15) is 41.1 Å². The molecule has 3 unspecified atom stereocenters. The summed E-state index contributed by atoms with van der Waals surface area (Å²) in [6, 6.07) is 28.7. The highest BCUT2D eigenvalue weighted by molar-refractivity contribution is 5.86. The Hall–Kier alpha value is -4.17. The van der Waals surface area contributed by atoms with E-state index < -0.39 is 23.2 Å². The maximum atomic E-state index is 13.9. The van der Waals surface area contributed by atoms with Gasteiger partial charge in [-0.15, -0.1) is 0 Å². The smallest absolute Gasteiger partial charge is 0.328 e. The number of para-hydroxylation sites is 1. The zero-order chi connectivity index (χ0) is 23.7. The third kappa shape index (κ3) is 3.22. The minimum absolute atomic E-state index is 0.145. The van der Waals surface area contributed by atoms with Crippen molar-refractivity contribution in [2.45, 2.75) is 25.2 Å². The predicted octanol–water partition coefficient (Wildman–Crippen LogP) is 5.07. The van der Waals surface area contributed by atoms with Crippen LogP contribution in [0.15, 0.2) is 89.7 Å². The Kier molecular flexibility index (Phi) is 5.51. The molecule has 5 rings (SSSR count). The highest BCUT2D eigenvalue weighted by atomic mass is 16.5. The lowest BCUT2D eigenvalue weighted by molar-refractivity contribution is -0.154. The van der Waals surface area contributed by atoms with Crippen LogP contribution in [0.3, 0.4) is 0 Å². The Bertz CT molecular complexity index is 1450. The summed E-state index contributed by atoms with van der Waals surface area (Å²) in [4.78, 5) is 31.1. The Morgan fingerprint density at radius 1 is 1.00 bits per heavy atom. The molecule has 0 aliphatic heterocycles. The van der Waals surface area contributed by atoms with Crippen LogP contribution >= 0.6 is 0 Å². The highest BCUT2D eigenvalue weighted by Crippen LogP contribution is 2.55. The molecule has 1 N–H and O–H groups in total. The number of aromatic nitrogens is 1. The lowest BCUT2D eigenvalue weighted by Gasteiger charge is -2.44. The predicted molar refractivity (Wildman–Crippen MR) is 130 cm³/mol. The van der Waals surface area contributed by atoms with E-state index in [4.69, 9.17) is 4.74 Å². The summed E-state index contributed by atoms with van der Waals surface area (Å²) >= 11 is 0. The lowest BCUT2D eigenvalue weighted by atomic mass is 9.56. The number of fused-ring (bicyclic) bond motifs is 2. The molecule has 0 radical (unpaired) electrons. The molecule has 4 aromatic rings. The summed E-state index contributed by atoms with van der Waals surface area (Å²) in [7, 11) is 0. The molecule has 1 aliphatic rings. The van der Waals surface area contributed by atoms with E-state index in [1.54, 1.807) is 13.0 Å². The number of H-pyrrole nitrogens is 1. The molecule has 34 heavy (non-hydrogen) atoms. The number of carbonyl (C=O) groups is 1. The number of esters is 1. The summed E-state index contributed by atoms with van der Waals surface area (Å²) in [5, 5.41) is 11.3. The van der Waals surface area contributed by atoms with Gasteiger partial charge in [0.05, 0.1) is 12.7 Å². The number of hydrogen-bond acceptors (Lipinski definition) is 4. The minimum Gasteiger partial charge on any atom is -0.465 e. The SMILES string of the molecule is CCOC(=O)C1(C#N)C(c2ccccc2)Cc2[nH]c3ccccc3c(=O)c2C1c1ccccc1. The van der Waals surface area contributed by atoms with Crippen molar-refractivity contribution >= 4 is 16.9 Å². The molecule has 3 aromatic carbocycles. The Labute approximate surface area is 197 Å². The molecule has 0 saturated carbocycles. The number of rotatable bonds is 4. The summed E-state index contributed by atoms with van der Waals surface area (Å²) in [5.74, 6) is -1.90. The number of ether oxygens (including phenoxy) is 1. The van der Waals surface area contributed by atoms with Crippen LogP contribution in [-0.2, 0) is 16.0 Å². The van der Waals surface area contributed by atoms with Crippen molar-refractivity contribution in [3.05, 3.63) is 118 Å². The number of aromatic amines is 1. The van der Waals surface area contributed by atoms with Gasteiger partial charge in [-0.25, -0.2) is 0 Å². The Morgan fingerprint density at radius 2 is 1.62 bits per heavy atom. The van der Waals surface area contributed by atoms with Gasteiger partial charge in [0, 0.05) is 34.0 Å². The van der Waals surface area contributed by atoms with Crippen LogP contribution in [0.2, 0.25) is 0 Å². The third-order valence-electron chi connectivity index (χ3n) is 6.86. The van der Waals surface area contributed by atoms with Gasteiger partial charge >= 0.3 is 5.97 Å². The zero-order valence-corrected chi connectivity index (χ0v) is 18.8. The largest absolute Gasteiger partial charge is 0.465 e. The average Bonchev–Trinajstić information content (AvgIpc) is 2.89. The first-order chi connectivity index (χ1) is 16.6. The maximum Gasteiger partial charge on any atom is 0.328 e. The van der Waals surface area contributed by atoms with Crippen LogP contribution in [0.25, 0.3) is 10.9 Å². The van der Waals surface area contributed by atoms with E-state index in [2.05, 4.69) is 11.1 Å². The Morgan fingerprint density at radius 3 is 2.26 bits per heavy atom. The summed E-state index contributed by atoms with van der Waals surface area (Å²) < 4.78 is 5.55.